The molecule has 0 bridgehead atoms. The van der Waals surface area contributed by atoms with Crippen LogP contribution >= 0.6 is 23.2 Å². The maximum atomic E-state index is 11.9. The first kappa shape index (κ1) is 16.9. The molecule has 3 aromatic rings. The highest BCUT2D eigenvalue weighted by molar-refractivity contribution is 6.42. The lowest BCUT2D eigenvalue weighted by atomic mass is 10.2. The molecule has 3 rings (SSSR count). The predicted molar refractivity (Wildman–Crippen MR) is 92.3 cm³/mol. The molecule has 0 amide bonds. The molecule has 2 aromatic heterocycles. The van der Waals surface area contributed by atoms with Gasteiger partial charge in [0.2, 0.25) is 0 Å². The molecule has 126 valence electrons. The first-order valence-electron chi connectivity index (χ1n) is 7.19. The molecule has 7 nitrogen and oxygen atoms in total. The minimum Gasteiger partial charge on any atom is -0.366 e. The topological polar surface area (TPSA) is 95.7 Å². The molecular formula is C15H15Cl2N5O2. The Balaban J connectivity index is 1.69. The Labute approximate surface area is 147 Å². The summed E-state index contributed by atoms with van der Waals surface area (Å²) < 4.78 is 5.41. The van der Waals surface area contributed by atoms with Crippen LogP contribution in [0.2, 0.25) is 10.0 Å². The molecule has 2 heterocycles. The Morgan fingerprint density at radius 2 is 2.17 bits per heavy atom. The largest absolute Gasteiger partial charge is 0.366 e. The number of fused-ring (bicyclic) bond motifs is 1. The first-order valence-corrected chi connectivity index (χ1v) is 7.95. The number of aromatic amines is 2. The zero-order valence-electron chi connectivity index (χ0n) is 12.8. The van der Waals surface area contributed by atoms with E-state index in [2.05, 4.69) is 25.5 Å². The van der Waals surface area contributed by atoms with Gasteiger partial charge >= 0.3 is 0 Å². The standard InChI is InChI=1S/C15H15Cl2N5O2/c1-24-13(18-6-8-2-3-9(16)10(17)4-8)5-12-20-11-7-19-22-14(11)15(23)21-12/h2-4,7,13,18H,5-6H2,1H3,(H,19,22)(H,20,21,23)/t13-/m0/s1. The molecule has 0 saturated heterocycles. The van der Waals surface area contributed by atoms with E-state index in [0.29, 0.717) is 34.4 Å². The molecule has 1 aromatic carbocycles. The van der Waals surface area contributed by atoms with E-state index in [0.717, 1.165) is 5.56 Å². The molecule has 0 aliphatic carbocycles. The molecule has 0 unspecified atom stereocenters. The fourth-order valence-corrected chi connectivity index (χ4v) is 2.61. The highest BCUT2D eigenvalue weighted by Crippen LogP contribution is 2.22. The summed E-state index contributed by atoms with van der Waals surface area (Å²) in [7, 11) is 1.58. The van der Waals surface area contributed by atoms with E-state index < -0.39 is 0 Å². The Hall–Kier alpha value is -1.93. The maximum absolute atomic E-state index is 11.9. The van der Waals surface area contributed by atoms with Gasteiger partial charge in [0.05, 0.1) is 10.0 Å². The quantitative estimate of drug-likeness (QED) is 0.580. The number of hydrogen-bond acceptors (Lipinski definition) is 5. The second-order valence-corrected chi connectivity index (χ2v) is 6.00. The van der Waals surface area contributed by atoms with Crippen molar-refractivity contribution in [2.75, 3.05) is 7.11 Å². The summed E-state index contributed by atoms with van der Waals surface area (Å²) in [6, 6.07) is 5.42. The number of H-pyrrole nitrogens is 2. The summed E-state index contributed by atoms with van der Waals surface area (Å²) in [4.78, 5) is 19.0. The monoisotopic (exact) mass is 367 g/mol. The fourth-order valence-electron chi connectivity index (χ4n) is 2.29. The van der Waals surface area contributed by atoms with Crippen molar-refractivity contribution in [1.82, 2.24) is 25.5 Å². The molecule has 0 saturated carbocycles. The maximum Gasteiger partial charge on any atom is 0.279 e. The summed E-state index contributed by atoms with van der Waals surface area (Å²) in [6.45, 7) is 0.535. The van der Waals surface area contributed by atoms with Crippen molar-refractivity contribution in [1.29, 1.82) is 0 Å². The normalized spacial score (nSPS) is 12.6. The fraction of sp³-hybridized carbons (Fsp3) is 0.267. The van der Waals surface area contributed by atoms with Crippen molar-refractivity contribution in [3.63, 3.8) is 0 Å². The zero-order valence-corrected chi connectivity index (χ0v) is 14.3. The molecule has 1 atom stereocenters. The van der Waals surface area contributed by atoms with Crippen LogP contribution in [0, 0.1) is 0 Å². The number of ether oxygens (including phenoxy) is 1. The van der Waals surface area contributed by atoms with E-state index in [1.165, 1.54) is 0 Å². The number of benzene rings is 1. The number of methoxy groups -OCH3 is 1. The highest BCUT2D eigenvalue weighted by Gasteiger charge is 2.12. The van der Waals surface area contributed by atoms with E-state index in [1.807, 2.05) is 6.07 Å². The van der Waals surface area contributed by atoms with Gasteiger partial charge in [0.25, 0.3) is 5.56 Å². The van der Waals surface area contributed by atoms with Crippen molar-refractivity contribution in [2.24, 2.45) is 0 Å². The van der Waals surface area contributed by atoms with E-state index >= 15 is 0 Å². The Morgan fingerprint density at radius 1 is 1.33 bits per heavy atom. The van der Waals surface area contributed by atoms with Gasteiger partial charge in [-0.15, -0.1) is 0 Å². The molecule has 24 heavy (non-hydrogen) atoms. The van der Waals surface area contributed by atoms with Gasteiger partial charge in [0.15, 0.2) is 5.52 Å². The third-order valence-electron chi connectivity index (χ3n) is 3.53. The van der Waals surface area contributed by atoms with Crippen LogP contribution in [-0.4, -0.2) is 33.5 Å². The highest BCUT2D eigenvalue weighted by atomic mass is 35.5. The van der Waals surface area contributed by atoms with Crippen LogP contribution in [0.15, 0.2) is 29.2 Å². The second kappa shape index (κ2) is 7.31. The molecular weight excluding hydrogens is 353 g/mol. The number of nitrogens with zero attached hydrogens (tertiary/aromatic N) is 2. The zero-order chi connectivity index (χ0) is 17.1. The predicted octanol–water partition coefficient (Wildman–Crippen LogP) is 2.26. The van der Waals surface area contributed by atoms with Crippen molar-refractivity contribution < 1.29 is 4.74 Å². The minimum absolute atomic E-state index is 0.282. The summed E-state index contributed by atoms with van der Waals surface area (Å²) in [5.74, 6) is 0.516. The lowest BCUT2D eigenvalue weighted by molar-refractivity contribution is 0.0711. The Kier molecular flexibility index (Phi) is 5.15. The average molecular weight is 368 g/mol. The molecule has 0 aliphatic heterocycles. The molecule has 3 N–H and O–H groups in total. The summed E-state index contributed by atoms with van der Waals surface area (Å²) in [5.41, 5.74) is 1.50. The van der Waals surface area contributed by atoms with Crippen molar-refractivity contribution in [3.05, 3.63) is 56.2 Å². The second-order valence-electron chi connectivity index (χ2n) is 5.19. The lowest BCUT2D eigenvalue weighted by Gasteiger charge is -2.17. The van der Waals surface area contributed by atoms with Crippen LogP contribution in [0.3, 0.4) is 0 Å². The van der Waals surface area contributed by atoms with Gasteiger partial charge in [0.1, 0.15) is 17.6 Å². The van der Waals surface area contributed by atoms with Crippen LogP contribution < -0.4 is 10.9 Å². The molecule has 9 heteroatoms. The third-order valence-corrected chi connectivity index (χ3v) is 4.27. The third kappa shape index (κ3) is 3.76. The van der Waals surface area contributed by atoms with Crippen LogP contribution in [0.1, 0.15) is 11.4 Å². The molecule has 0 aliphatic rings. The molecule has 0 spiro atoms. The summed E-state index contributed by atoms with van der Waals surface area (Å²) in [5, 5.41) is 10.7. The smallest absolute Gasteiger partial charge is 0.279 e. The van der Waals surface area contributed by atoms with Gasteiger partial charge in [-0.3, -0.25) is 15.2 Å². The Morgan fingerprint density at radius 3 is 2.92 bits per heavy atom. The summed E-state index contributed by atoms with van der Waals surface area (Å²) >= 11 is 11.9. The minimum atomic E-state index is -0.327. The first-order chi connectivity index (χ1) is 11.6. The van der Waals surface area contributed by atoms with E-state index in [4.69, 9.17) is 27.9 Å². The van der Waals surface area contributed by atoms with Crippen molar-refractivity contribution >= 4 is 34.2 Å². The molecule has 0 radical (unpaired) electrons. The molecule has 0 fully saturated rings. The van der Waals surface area contributed by atoms with E-state index in [-0.39, 0.29) is 17.3 Å². The van der Waals surface area contributed by atoms with Gasteiger partial charge in [-0.2, -0.15) is 5.10 Å². The number of rotatable bonds is 6. The average Bonchev–Trinajstić information content (AvgIpc) is 3.03. The number of aromatic nitrogens is 4. The van der Waals surface area contributed by atoms with Gasteiger partial charge in [-0.25, -0.2) is 4.98 Å². The van der Waals surface area contributed by atoms with Crippen molar-refractivity contribution in [3.8, 4) is 0 Å². The number of halogens is 2. The van der Waals surface area contributed by atoms with Gasteiger partial charge in [-0.1, -0.05) is 29.3 Å². The SMILES string of the molecule is CO[C@@H](Cc1nc2c[nH]nc2c(=O)[nH]1)NCc1ccc(Cl)c(Cl)c1. The number of nitrogens with one attached hydrogen (secondary N) is 3. The van der Waals surface area contributed by atoms with Gasteiger partial charge in [-0.05, 0) is 17.7 Å². The summed E-state index contributed by atoms with van der Waals surface area (Å²) in [6.07, 6.45) is 1.65. The van der Waals surface area contributed by atoms with E-state index in [9.17, 15) is 4.79 Å². The lowest BCUT2D eigenvalue weighted by Crippen LogP contribution is -2.33. The van der Waals surface area contributed by atoms with Crippen LogP contribution in [0.4, 0.5) is 0 Å². The number of hydrogen-bond donors (Lipinski definition) is 3. The van der Waals surface area contributed by atoms with Gasteiger partial charge < -0.3 is 9.72 Å². The van der Waals surface area contributed by atoms with Crippen LogP contribution in [0.5, 0.6) is 0 Å². The van der Waals surface area contributed by atoms with Crippen LogP contribution in [0.25, 0.3) is 11.0 Å². The van der Waals surface area contributed by atoms with Gasteiger partial charge in [0, 0.05) is 26.3 Å². The van der Waals surface area contributed by atoms with Crippen LogP contribution in [-0.2, 0) is 17.7 Å². The Bertz CT molecular complexity index is 908. The van der Waals surface area contributed by atoms with E-state index in [1.54, 1.807) is 25.4 Å². The van der Waals surface area contributed by atoms with Crippen molar-refractivity contribution in [2.45, 2.75) is 19.2 Å².